The summed E-state index contributed by atoms with van der Waals surface area (Å²) >= 11 is 0. The molecule has 0 aliphatic heterocycles. The number of hydrogen-bond donors (Lipinski definition) is 2. The molecule has 1 fully saturated rings. The van der Waals surface area contributed by atoms with E-state index in [1.165, 1.54) is 32.1 Å². The van der Waals surface area contributed by atoms with Gasteiger partial charge in [-0.3, -0.25) is 0 Å². The number of amides is 1. The lowest BCUT2D eigenvalue weighted by atomic mass is 9.81. The predicted octanol–water partition coefficient (Wildman–Crippen LogP) is 3.32. The molecule has 2 N–H and O–H groups in total. The van der Waals surface area contributed by atoms with Crippen molar-refractivity contribution in [2.24, 2.45) is 11.8 Å². The number of nitrogens with one attached hydrogen (secondary N) is 2. The fraction of sp³-hybridized carbons (Fsp3) is 0.938. The second-order valence-electron chi connectivity index (χ2n) is 6.93. The monoisotopic (exact) mass is 284 g/mol. The Hall–Kier alpha value is -0.770. The Balaban J connectivity index is 1.99. The van der Waals surface area contributed by atoms with Gasteiger partial charge in [-0.1, -0.05) is 26.2 Å². The van der Waals surface area contributed by atoms with Crippen molar-refractivity contribution in [2.75, 3.05) is 19.6 Å². The number of ether oxygens (including phenoxy) is 1. The summed E-state index contributed by atoms with van der Waals surface area (Å²) in [5, 5.41) is 6.21. The van der Waals surface area contributed by atoms with Crippen LogP contribution in [0.1, 0.15) is 59.8 Å². The molecule has 0 radical (unpaired) electrons. The van der Waals surface area contributed by atoms with E-state index in [1.807, 2.05) is 20.8 Å². The fourth-order valence-electron chi connectivity index (χ4n) is 2.72. The third kappa shape index (κ3) is 7.73. The van der Waals surface area contributed by atoms with E-state index in [1.54, 1.807) is 0 Å². The van der Waals surface area contributed by atoms with Gasteiger partial charge >= 0.3 is 6.09 Å². The highest BCUT2D eigenvalue weighted by atomic mass is 16.6. The minimum Gasteiger partial charge on any atom is -0.444 e. The first-order chi connectivity index (χ1) is 9.40. The van der Waals surface area contributed by atoms with Crippen LogP contribution >= 0.6 is 0 Å². The Labute approximate surface area is 124 Å². The average molecular weight is 284 g/mol. The maximum absolute atomic E-state index is 11.4. The molecule has 1 saturated carbocycles. The molecule has 1 aliphatic carbocycles. The molecule has 4 nitrogen and oxygen atoms in total. The quantitative estimate of drug-likeness (QED) is 0.736. The fourth-order valence-corrected chi connectivity index (χ4v) is 2.72. The van der Waals surface area contributed by atoms with Crippen molar-refractivity contribution in [3.05, 3.63) is 0 Å². The van der Waals surface area contributed by atoms with Crippen LogP contribution in [0.5, 0.6) is 0 Å². The molecule has 0 saturated heterocycles. The smallest absolute Gasteiger partial charge is 0.407 e. The van der Waals surface area contributed by atoms with E-state index in [4.69, 9.17) is 4.74 Å². The van der Waals surface area contributed by atoms with Gasteiger partial charge < -0.3 is 15.4 Å². The van der Waals surface area contributed by atoms with Crippen molar-refractivity contribution in [1.82, 2.24) is 10.6 Å². The first kappa shape index (κ1) is 17.3. The maximum atomic E-state index is 11.4. The highest BCUT2D eigenvalue weighted by molar-refractivity contribution is 5.67. The van der Waals surface area contributed by atoms with Crippen LogP contribution in [0.4, 0.5) is 4.79 Å². The molecule has 0 atom stereocenters. The van der Waals surface area contributed by atoms with Crippen molar-refractivity contribution >= 4 is 6.09 Å². The molecule has 4 heteroatoms. The summed E-state index contributed by atoms with van der Waals surface area (Å²) in [6.45, 7) is 10.4. The zero-order valence-electron chi connectivity index (χ0n) is 13.6. The summed E-state index contributed by atoms with van der Waals surface area (Å²) < 4.78 is 5.18. The van der Waals surface area contributed by atoms with Crippen LogP contribution in [0.15, 0.2) is 0 Å². The summed E-state index contributed by atoms with van der Waals surface area (Å²) in [7, 11) is 0. The summed E-state index contributed by atoms with van der Waals surface area (Å²) in [6, 6.07) is 0. The van der Waals surface area contributed by atoms with E-state index >= 15 is 0 Å². The summed E-state index contributed by atoms with van der Waals surface area (Å²) in [4.78, 5) is 11.4. The second kappa shape index (κ2) is 8.50. The Bertz CT molecular complexity index is 279. The van der Waals surface area contributed by atoms with Crippen LogP contribution in [-0.2, 0) is 4.74 Å². The highest BCUT2D eigenvalue weighted by Gasteiger charge is 2.19. The average Bonchev–Trinajstić information content (AvgIpc) is 2.37. The van der Waals surface area contributed by atoms with Gasteiger partial charge in [-0.25, -0.2) is 4.79 Å². The lowest BCUT2D eigenvalue weighted by Gasteiger charge is -2.28. The third-order valence-electron chi connectivity index (χ3n) is 3.95. The van der Waals surface area contributed by atoms with Crippen molar-refractivity contribution < 1.29 is 9.53 Å². The van der Waals surface area contributed by atoms with Crippen molar-refractivity contribution in [3.63, 3.8) is 0 Å². The first-order valence-electron chi connectivity index (χ1n) is 8.08. The topological polar surface area (TPSA) is 50.4 Å². The lowest BCUT2D eigenvalue weighted by Crippen LogP contribution is -2.37. The van der Waals surface area contributed by atoms with E-state index in [9.17, 15) is 4.79 Å². The molecule has 1 aliphatic rings. The molecule has 0 aromatic rings. The molecule has 0 heterocycles. The Morgan fingerprint density at radius 2 is 1.70 bits per heavy atom. The lowest BCUT2D eigenvalue weighted by molar-refractivity contribution is 0.0528. The molecular weight excluding hydrogens is 252 g/mol. The van der Waals surface area contributed by atoms with Crippen LogP contribution in [-0.4, -0.2) is 31.3 Å². The Morgan fingerprint density at radius 3 is 2.25 bits per heavy atom. The number of carbonyl (C=O) groups is 1. The molecule has 0 aromatic heterocycles. The van der Waals surface area contributed by atoms with Gasteiger partial charge in [-0.2, -0.15) is 0 Å². The number of carbonyl (C=O) groups excluding carboxylic acids is 1. The molecule has 0 spiro atoms. The van der Waals surface area contributed by atoms with Crippen LogP contribution in [0, 0.1) is 11.8 Å². The normalized spacial score (nSPS) is 23.4. The predicted molar refractivity (Wildman–Crippen MR) is 82.8 cm³/mol. The minimum atomic E-state index is -0.421. The summed E-state index contributed by atoms with van der Waals surface area (Å²) in [5.41, 5.74) is -0.421. The second-order valence-corrected chi connectivity index (χ2v) is 6.93. The van der Waals surface area contributed by atoms with E-state index in [-0.39, 0.29) is 6.09 Å². The molecule has 118 valence electrons. The van der Waals surface area contributed by atoms with Gasteiger partial charge in [0.1, 0.15) is 5.60 Å². The van der Waals surface area contributed by atoms with Crippen molar-refractivity contribution in [2.45, 2.75) is 65.4 Å². The molecule has 0 bridgehead atoms. The summed E-state index contributed by atoms with van der Waals surface area (Å²) in [5.74, 6) is 1.78. The molecule has 1 amide bonds. The minimum absolute atomic E-state index is 0.331. The standard InChI is InChI=1S/C16H32N2O2/c1-5-13-6-8-14(9-7-13)12-17-10-11-18-15(19)20-16(2,3)4/h13-14,17H,5-12H2,1-4H3,(H,18,19). The molecule has 20 heavy (non-hydrogen) atoms. The maximum Gasteiger partial charge on any atom is 0.407 e. The number of hydrogen-bond acceptors (Lipinski definition) is 3. The highest BCUT2D eigenvalue weighted by Crippen LogP contribution is 2.29. The van der Waals surface area contributed by atoms with Gasteiger partial charge in [0, 0.05) is 13.1 Å². The van der Waals surface area contributed by atoms with Gasteiger partial charge in [0.05, 0.1) is 0 Å². The molecule has 0 aromatic carbocycles. The van der Waals surface area contributed by atoms with E-state index in [2.05, 4.69) is 17.6 Å². The first-order valence-corrected chi connectivity index (χ1v) is 8.08. The van der Waals surface area contributed by atoms with Crippen molar-refractivity contribution in [1.29, 1.82) is 0 Å². The molecular formula is C16H32N2O2. The van der Waals surface area contributed by atoms with E-state index in [0.717, 1.165) is 24.9 Å². The Morgan fingerprint density at radius 1 is 1.10 bits per heavy atom. The summed E-state index contributed by atoms with van der Waals surface area (Å²) in [6.07, 6.45) is 6.48. The van der Waals surface area contributed by atoms with Crippen molar-refractivity contribution in [3.8, 4) is 0 Å². The Kier molecular flexibility index (Phi) is 7.35. The van der Waals surface area contributed by atoms with Gasteiger partial charge in [0.2, 0.25) is 0 Å². The largest absolute Gasteiger partial charge is 0.444 e. The van der Waals surface area contributed by atoms with Gasteiger partial charge in [-0.15, -0.1) is 0 Å². The number of alkyl carbamates (subject to hydrolysis) is 1. The van der Waals surface area contributed by atoms with Crippen LogP contribution in [0.25, 0.3) is 0 Å². The van der Waals surface area contributed by atoms with Gasteiger partial charge in [0.15, 0.2) is 0 Å². The molecule has 0 unspecified atom stereocenters. The van der Waals surface area contributed by atoms with E-state index in [0.29, 0.717) is 6.54 Å². The SMILES string of the molecule is CCC1CCC(CNCCNC(=O)OC(C)(C)C)CC1. The van der Waals surface area contributed by atoms with Crippen LogP contribution in [0.2, 0.25) is 0 Å². The van der Waals surface area contributed by atoms with E-state index < -0.39 is 5.60 Å². The number of rotatable bonds is 6. The molecule has 1 rings (SSSR count). The van der Waals surface area contributed by atoms with Crippen LogP contribution < -0.4 is 10.6 Å². The zero-order chi connectivity index (χ0) is 15.0. The van der Waals surface area contributed by atoms with Gasteiger partial charge in [-0.05, 0) is 52.0 Å². The van der Waals surface area contributed by atoms with Gasteiger partial charge in [0.25, 0.3) is 0 Å². The van der Waals surface area contributed by atoms with Crippen LogP contribution in [0.3, 0.4) is 0 Å². The zero-order valence-corrected chi connectivity index (χ0v) is 13.6. The third-order valence-corrected chi connectivity index (χ3v) is 3.95.